The third-order valence-corrected chi connectivity index (χ3v) is 5.54. The van der Waals surface area contributed by atoms with Crippen LogP contribution in [0.15, 0.2) is 29.2 Å². The van der Waals surface area contributed by atoms with Gasteiger partial charge in [-0.1, -0.05) is 19.1 Å². The topological polar surface area (TPSA) is 63.7 Å². The van der Waals surface area contributed by atoms with Crippen LogP contribution in [-0.2, 0) is 19.6 Å². The van der Waals surface area contributed by atoms with Gasteiger partial charge in [0.1, 0.15) is 0 Å². The van der Waals surface area contributed by atoms with Crippen LogP contribution < -0.4 is 0 Å². The number of carbonyl (C=O) groups is 1. The minimum atomic E-state index is -3.54. The molecule has 2 unspecified atom stereocenters. The van der Waals surface area contributed by atoms with Gasteiger partial charge in [0.05, 0.1) is 17.9 Å². The van der Waals surface area contributed by atoms with Gasteiger partial charge in [-0.3, -0.25) is 4.79 Å². The van der Waals surface area contributed by atoms with E-state index in [9.17, 15) is 13.2 Å². The van der Waals surface area contributed by atoms with Crippen LogP contribution in [0.25, 0.3) is 0 Å². The van der Waals surface area contributed by atoms with E-state index in [0.29, 0.717) is 6.54 Å². The van der Waals surface area contributed by atoms with E-state index in [2.05, 4.69) is 0 Å². The van der Waals surface area contributed by atoms with Crippen molar-refractivity contribution in [3.63, 3.8) is 0 Å². The lowest BCUT2D eigenvalue weighted by Gasteiger charge is -2.16. The number of nitrogens with zero attached hydrogens (tertiary/aromatic N) is 1. The normalized spacial score (nSPS) is 23.8. The standard InChI is InChI=1S/C14H19NO4S/c1-10-5-4-6-12(7-10)20(17,18)15-8-11(2)13(9-15)14(16)19-3/h4-7,11,13H,8-9H2,1-3H3. The first-order chi connectivity index (χ1) is 9.36. The second-order valence-electron chi connectivity index (χ2n) is 5.25. The van der Waals surface area contributed by atoms with E-state index in [1.54, 1.807) is 18.2 Å². The molecule has 2 rings (SSSR count). The highest BCUT2D eigenvalue weighted by atomic mass is 32.2. The van der Waals surface area contributed by atoms with Crippen molar-refractivity contribution in [2.75, 3.05) is 20.2 Å². The number of rotatable bonds is 3. The fourth-order valence-corrected chi connectivity index (χ4v) is 4.17. The molecule has 1 heterocycles. The molecule has 2 atom stereocenters. The monoisotopic (exact) mass is 297 g/mol. The van der Waals surface area contributed by atoms with Gasteiger partial charge in [0, 0.05) is 13.1 Å². The molecule has 20 heavy (non-hydrogen) atoms. The fourth-order valence-electron chi connectivity index (χ4n) is 2.50. The average Bonchev–Trinajstić information content (AvgIpc) is 2.80. The Kier molecular flexibility index (Phi) is 4.15. The molecule has 0 aliphatic carbocycles. The summed E-state index contributed by atoms with van der Waals surface area (Å²) >= 11 is 0. The van der Waals surface area contributed by atoms with Crippen LogP contribution in [0.3, 0.4) is 0 Å². The Morgan fingerprint density at radius 2 is 2.05 bits per heavy atom. The summed E-state index contributed by atoms with van der Waals surface area (Å²) in [5, 5.41) is 0. The first-order valence-corrected chi connectivity index (χ1v) is 7.95. The van der Waals surface area contributed by atoms with Crippen molar-refractivity contribution in [1.29, 1.82) is 0 Å². The van der Waals surface area contributed by atoms with Gasteiger partial charge in [-0.2, -0.15) is 4.31 Å². The molecule has 1 aromatic rings. The summed E-state index contributed by atoms with van der Waals surface area (Å²) in [4.78, 5) is 11.9. The summed E-state index contributed by atoms with van der Waals surface area (Å²) in [7, 11) is -2.22. The molecule has 5 nitrogen and oxygen atoms in total. The molecule has 0 aromatic heterocycles. The zero-order chi connectivity index (χ0) is 14.9. The van der Waals surface area contributed by atoms with Crippen molar-refractivity contribution in [2.24, 2.45) is 11.8 Å². The SMILES string of the molecule is COC(=O)C1CN(S(=O)(=O)c2cccc(C)c2)CC1C. The number of sulfonamides is 1. The Hall–Kier alpha value is -1.40. The van der Waals surface area contributed by atoms with Crippen LogP contribution in [-0.4, -0.2) is 38.9 Å². The van der Waals surface area contributed by atoms with Gasteiger partial charge < -0.3 is 4.74 Å². The smallest absolute Gasteiger partial charge is 0.310 e. The molecule has 6 heteroatoms. The molecule has 1 saturated heterocycles. The number of esters is 1. The van der Waals surface area contributed by atoms with Crippen LogP contribution in [0.4, 0.5) is 0 Å². The summed E-state index contributed by atoms with van der Waals surface area (Å²) in [6.45, 7) is 4.25. The van der Waals surface area contributed by atoms with Gasteiger partial charge in [-0.15, -0.1) is 0 Å². The van der Waals surface area contributed by atoms with E-state index in [1.807, 2.05) is 19.9 Å². The second-order valence-corrected chi connectivity index (χ2v) is 7.18. The number of carbonyl (C=O) groups excluding carboxylic acids is 1. The maximum Gasteiger partial charge on any atom is 0.310 e. The summed E-state index contributed by atoms with van der Waals surface area (Å²) in [6.07, 6.45) is 0. The zero-order valence-corrected chi connectivity index (χ0v) is 12.7. The molecule has 1 fully saturated rings. The highest BCUT2D eigenvalue weighted by molar-refractivity contribution is 7.89. The van der Waals surface area contributed by atoms with E-state index >= 15 is 0 Å². The van der Waals surface area contributed by atoms with Gasteiger partial charge >= 0.3 is 5.97 Å². The van der Waals surface area contributed by atoms with Crippen molar-refractivity contribution in [3.05, 3.63) is 29.8 Å². The molecule has 110 valence electrons. The molecular formula is C14H19NO4S. The van der Waals surface area contributed by atoms with E-state index in [0.717, 1.165) is 5.56 Å². The lowest BCUT2D eigenvalue weighted by atomic mass is 9.99. The quantitative estimate of drug-likeness (QED) is 0.792. The maximum absolute atomic E-state index is 12.6. The molecule has 1 aliphatic rings. The molecule has 1 aromatic carbocycles. The lowest BCUT2D eigenvalue weighted by Crippen LogP contribution is -2.30. The molecular weight excluding hydrogens is 278 g/mol. The van der Waals surface area contributed by atoms with Crippen LogP contribution in [0, 0.1) is 18.8 Å². The minimum Gasteiger partial charge on any atom is -0.469 e. The molecule has 0 amide bonds. The summed E-state index contributed by atoms with van der Waals surface area (Å²) in [5.41, 5.74) is 0.892. The predicted molar refractivity (Wildman–Crippen MR) is 74.6 cm³/mol. The summed E-state index contributed by atoms with van der Waals surface area (Å²) in [5.74, 6) is -0.777. The van der Waals surface area contributed by atoms with Gasteiger partial charge in [-0.05, 0) is 30.5 Å². The zero-order valence-electron chi connectivity index (χ0n) is 11.9. The van der Waals surface area contributed by atoms with Crippen molar-refractivity contribution in [2.45, 2.75) is 18.7 Å². The summed E-state index contributed by atoms with van der Waals surface area (Å²) < 4.78 is 31.2. The van der Waals surface area contributed by atoms with Crippen LogP contribution in [0.1, 0.15) is 12.5 Å². The number of benzene rings is 1. The van der Waals surface area contributed by atoms with Gasteiger partial charge in [0.25, 0.3) is 0 Å². The van der Waals surface area contributed by atoms with Crippen LogP contribution in [0.5, 0.6) is 0 Å². The summed E-state index contributed by atoms with van der Waals surface area (Å²) in [6, 6.07) is 6.80. The first kappa shape index (κ1) is 15.0. The Bertz CT molecular complexity index is 611. The van der Waals surface area contributed by atoms with E-state index in [1.165, 1.54) is 11.4 Å². The second kappa shape index (κ2) is 5.54. The lowest BCUT2D eigenvalue weighted by molar-refractivity contribution is -0.145. The fraction of sp³-hybridized carbons (Fsp3) is 0.500. The molecule has 0 bridgehead atoms. The third-order valence-electron chi connectivity index (χ3n) is 3.71. The third kappa shape index (κ3) is 2.71. The number of hydrogen-bond acceptors (Lipinski definition) is 4. The Morgan fingerprint density at radius 1 is 1.35 bits per heavy atom. The van der Waals surface area contributed by atoms with E-state index in [4.69, 9.17) is 4.74 Å². The first-order valence-electron chi connectivity index (χ1n) is 6.51. The van der Waals surface area contributed by atoms with Gasteiger partial charge in [0.2, 0.25) is 10.0 Å². The molecule has 1 aliphatic heterocycles. The molecule has 0 saturated carbocycles. The van der Waals surface area contributed by atoms with Crippen molar-refractivity contribution < 1.29 is 17.9 Å². The Morgan fingerprint density at radius 3 is 2.65 bits per heavy atom. The molecule has 0 N–H and O–H groups in total. The Balaban J connectivity index is 2.26. The number of ether oxygens (including phenoxy) is 1. The highest BCUT2D eigenvalue weighted by Gasteiger charge is 2.41. The van der Waals surface area contributed by atoms with Crippen molar-refractivity contribution in [3.8, 4) is 0 Å². The van der Waals surface area contributed by atoms with E-state index < -0.39 is 10.0 Å². The van der Waals surface area contributed by atoms with Crippen molar-refractivity contribution in [1.82, 2.24) is 4.31 Å². The minimum absolute atomic E-state index is 0.0398. The average molecular weight is 297 g/mol. The number of hydrogen-bond donors (Lipinski definition) is 0. The van der Waals surface area contributed by atoms with Crippen molar-refractivity contribution >= 4 is 16.0 Å². The van der Waals surface area contributed by atoms with Gasteiger partial charge in [-0.25, -0.2) is 8.42 Å². The maximum atomic E-state index is 12.6. The molecule has 0 radical (unpaired) electrons. The number of aryl methyl sites for hydroxylation is 1. The largest absolute Gasteiger partial charge is 0.469 e. The Labute approximate surface area is 119 Å². The predicted octanol–water partition coefficient (Wildman–Crippen LogP) is 1.42. The number of methoxy groups -OCH3 is 1. The highest BCUT2D eigenvalue weighted by Crippen LogP contribution is 2.29. The van der Waals surface area contributed by atoms with Gasteiger partial charge in [0.15, 0.2) is 0 Å². The van der Waals surface area contributed by atoms with Crippen LogP contribution in [0.2, 0.25) is 0 Å². The van der Waals surface area contributed by atoms with E-state index in [-0.39, 0.29) is 29.2 Å². The van der Waals surface area contributed by atoms with Crippen LogP contribution >= 0.6 is 0 Å². The molecule has 0 spiro atoms.